The summed E-state index contributed by atoms with van der Waals surface area (Å²) in [6.07, 6.45) is 8.40. The maximum atomic E-state index is 12.1. The van der Waals surface area contributed by atoms with Crippen molar-refractivity contribution in [2.24, 2.45) is 17.6 Å². The molecule has 4 nitrogen and oxygen atoms in total. The zero-order chi connectivity index (χ0) is 14.1. The van der Waals surface area contributed by atoms with E-state index in [1.165, 1.54) is 32.1 Å². The lowest BCUT2D eigenvalue weighted by Crippen LogP contribution is -2.46. The smallest absolute Gasteiger partial charge is 0.223 e. The summed E-state index contributed by atoms with van der Waals surface area (Å²) in [5.74, 6) is 1.19. The Morgan fingerprint density at radius 3 is 2.58 bits per heavy atom. The Bertz CT molecular complexity index is 251. The summed E-state index contributed by atoms with van der Waals surface area (Å²) in [7, 11) is 1.63. The number of nitrogens with two attached hydrogens (primary N) is 1. The molecule has 1 fully saturated rings. The van der Waals surface area contributed by atoms with Gasteiger partial charge in [0, 0.05) is 19.6 Å². The highest BCUT2D eigenvalue weighted by Gasteiger charge is 2.26. The molecule has 0 aromatic heterocycles. The van der Waals surface area contributed by atoms with E-state index in [2.05, 4.69) is 12.2 Å². The number of hydrogen-bond donors (Lipinski definition) is 2. The second kappa shape index (κ2) is 9.32. The van der Waals surface area contributed by atoms with E-state index in [-0.39, 0.29) is 17.9 Å². The van der Waals surface area contributed by atoms with Crippen LogP contribution in [0.4, 0.5) is 0 Å². The van der Waals surface area contributed by atoms with Crippen molar-refractivity contribution in [2.75, 3.05) is 20.3 Å². The summed E-state index contributed by atoms with van der Waals surface area (Å²) in [4.78, 5) is 12.1. The van der Waals surface area contributed by atoms with Crippen molar-refractivity contribution in [2.45, 2.75) is 57.9 Å². The van der Waals surface area contributed by atoms with E-state index in [9.17, 15) is 4.79 Å². The van der Waals surface area contributed by atoms with E-state index >= 15 is 0 Å². The maximum Gasteiger partial charge on any atom is 0.223 e. The van der Waals surface area contributed by atoms with E-state index in [1.54, 1.807) is 7.11 Å². The minimum absolute atomic E-state index is 0.0460. The van der Waals surface area contributed by atoms with Crippen molar-refractivity contribution >= 4 is 5.91 Å². The minimum Gasteiger partial charge on any atom is -0.383 e. The largest absolute Gasteiger partial charge is 0.383 e. The molecule has 4 heteroatoms. The van der Waals surface area contributed by atoms with Crippen molar-refractivity contribution in [3.8, 4) is 0 Å². The van der Waals surface area contributed by atoms with E-state index in [1.807, 2.05) is 0 Å². The van der Waals surface area contributed by atoms with Gasteiger partial charge in [-0.15, -0.1) is 0 Å². The summed E-state index contributed by atoms with van der Waals surface area (Å²) in [5.41, 5.74) is 5.62. The van der Waals surface area contributed by atoms with Crippen LogP contribution in [0.15, 0.2) is 0 Å². The topological polar surface area (TPSA) is 64.4 Å². The number of carbonyl (C=O) groups excluding carboxylic acids is 1. The highest BCUT2D eigenvalue weighted by Crippen LogP contribution is 2.31. The highest BCUT2D eigenvalue weighted by molar-refractivity contribution is 5.79. The number of nitrogens with one attached hydrogen (secondary N) is 1. The molecule has 19 heavy (non-hydrogen) atoms. The van der Waals surface area contributed by atoms with Crippen molar-refractivity contribution in [1.82, 2.24) is 5.32 Å². The molecule has 1 unspecified atom stereocenters. The minimum atomic E-state index is -0.0460. The lowest BCUT2D eigenvalue weighted by Gasteiger charge is -2.29. The average molecular weight is 270 g/mol. The summed E-state index contributed by atoms with van der Waals surface area (Å²) in [6.45, 7) is 3.17. The fraction of sp³-hybridized carbons (Fsp3) is 0.933. The number of hydrogen-bond acceptors (Lipinski definition) is 3. The van der Waals surface area contributed by atoms with Crippen molar-refractivity contribution in [1.29, 1.82) is 0 Å². The maximum absolute atomic E-state index is 12.1. The van der Waals surface area contributed by atoms with Crippen molar-refractivity contribution in [3.05, 3.63) is 0 Å². The molecular formula is C15H30N2O2. The molecule has 1 atom stereocenters. The van der Waals surface area contributed by atoms with Crippen LogP contribution in [0, 0.1) is 11.8 Å². The van der Waals surface area contributed by atoms with Crippen LogP contribution in [0.1, 0.15) is 51.9 Å². The van der Waals surface area contributed by atoms with Gasteiger partial charge in [-0.1, -0.05) is 26.2 Å². The molecule has 0 bridgehead atoms. The van der Waals surface area contributed by atoms with Gasteiger partial charge in [-0.25, -0.2) is 0 Å². The molecule has 3 N–H and O–H groups in total. The fourth-order valence-corrected chi connectivity index (χ4v) is 2.89. The van der Waals surface area contributed by atoms with Gasteiger partial charge in [0.2, 0.25) is 5.91 Å². The SMILES string of the molecule is CCCCC1CCC(C(=O)NC(CN)COC)CC1. The third-order valence-electron chi connectivity index (χ3n) is 4.18. The van der Waals surface area contributed by atoms with Crippen LogP contribution >= 0.6 is 0 Å². The molecule has 0 radical (unpaired) electrons. The first-order valence-corrected chi connectivity index (χ1v) is 7.70. The lowest BCUT2D eigenvalue weighted by molar-refractivity contribution is -0.127. The van der Waals surface area contributed by atoms with Gasteiger partial charge in [0.15, 0.2) is 0 Å². The first-order chi connectivity index (χ1) is 9.21. The normalized spacial score (nSPS) is 25.0. The summed E-state index contributed by atoms with van der Waals surface area (Å²) in [6, 6.07) is -0.0460. The van der Waals surface area contributed by atoms with Crippen LogP contribution in [0.3, 0.4) is 0 Å². The van der Waals surface area contributed by atoms with Gasteiger partial charge in [0.25, 0.3) is 0 Å². The van der Waals surface area contributed by atoms with Crippen LogP contribution in [-0.2, 0) is 9.53 Å². The van der Waals surface area contributed by atoms with E-state index in [4.69, 9.17) is 10.5 Å². The Morgan fingerprint density at radius 2 is 2.05 bits per heavy atom. The molecule has 0 heterocycles. The Balaban J connectivity index is 2.28. The van der Waals surface area contributed by atoms with Gasteiger partial charge < -0.3 is 15.8 Å². The second-order valence-corrected chi connectivity index (χ2v) is 5.76. The van der Waals surface area contributed by atoms with Gasteiger partial charge in [-0.3, -0.25) is 4.79 Å². The first kappa shape index (κ1) is 16.4. The van der Waals surface area contributed by atoms with Gasteiger partial charge >= 0.3 is 0 Å². The molecule has 0 aromatic carbocycles. The van der Waals surface area contributed by atoms with Gasteiger partial charge in [-0.05, 0) is 31.6 Å². The first-order valence-electron chi connectivity index (χ1n) is 7.70. The highest BCUT2D eigenvalue weighted by atomic mass is 16.5. The molecule has 0 aliphatic heterocycles. The predicted octanol–water partition coefficient (Wildman–Crippen LogP) is 2.07. The molecule has 1 saturated carbocycles. The molecule has 0 aromatic rings. The van der Waals surface area contributed by atoms with Crippen LogP contribution < -0.4 is 11.1 Å². The number of unbranched alkanes of at least 4 members (excludes halogenated alkanes) is 1. The van der Waals surface area contributed by atoms with Gasteiger partial charge in [0.05, 0.1) is 12.6 Å². The van der Waals surface area contributed by atoms with Gasteiger partial charge in [0.1, 0.15) is 0 Å². The van der Waals surface area contributed by atoms with Crippen LogP contribution in [0.25, 0.3) is 0 Å². The third kappa shape index (κ3) is 5.91. The summed E-state index contributed by atoms with van der Waals surface area (Å²) in [5, 5.41) is 3.01. The van der Waals surface area contributed by atoms with E-state index in [0.717, 1.165) is 18.8 Å². The summed E-state index contributed by atoms with van der Waals surface area (Å²) < 4.78 is 5.05. The predicted molar refractivity (Wildman–Crippen MR) is 77.8 cm³/mol. The summed E-state index contributed by atoms with van der Waals surface area (Å²) >= 11 is 0. The Hall–Kier alpha value is -0.610. The number of methoxy groups -OCH3 is 1. The Labute approximate surface area is 117 Å². The van der Waals surface area contributed by atoms with E-state index in [0.29, 0.717) is 13.2 Å². The third-order valence-corrected chi connectivity index (χ3v) is 4.18. The molecule has 0 saturated heterocycles. The van der Waals surface area contributed by atoms with Crippen molar-refractivity contribution < 1.29 is 9.53 Å². The number of amides is 1. The average Bonchev–Trinajstić information content (AvgIpc) is 2.45. The molecule has 0 spiro atoms. The van der Waals surface area contributed by atoms with Gasteiger partial charge in [-0.2, -0.15) is 0 Å². The fourth-order valence-electron chi connectivity index (χ4n) is 2.89. The van der Waals surface area contributed by atoms with E-state index < -0.39 is 0 Å². The standard InChI is InChI=1S/C15H30N2O2/c1-3-4-5-12-6-8-13(9-7-12)15(18)17-14(10-16)11-19-2/h12-14H,3-11,16H2,1-2H3,(H,17,18). The van der Waals surface area contributed by atoms with Crippen molar-refractivity contribution in [3.63, 3.8) is 0 Å². The number of rotatable bonds is 8. The molecule has 1 aliphatic rings. The number of carbonyl (C=O) groups is 1. The molecular weight excluding hydrogens is 240 g/mol. The Kier molecular flexibility index (Phi) is 8.07. The molecule has 1 amide bonds. The molecule has 1 aliphatic carbocycles. The lowest BCUT2D eigenvalue weighted by atomic mass is 9.79. The van der Waals surface area contributed by atoms with Crippen LogP contribution in [-0.4, -0.2) is 32.2 Å². The Morgan fingerprint density at radius 1 is 1.37 bits per heavy atom. The zero-order valence-electron chi connectivity index (χ0n) is 12.5. The molecule has 112 valence electrons. The zero-order valence-corrected chi connectivity index (χ0v) is 12.5. The quantitative estimate of drug-likeness (QED) is 0.709. The number of ether oxygens (including phenoxy) is 1. The van der Waals surface area contributed by atoms with Crippen LogP contribution in [0.5, 0.6) is 0 Å². The second-order valence-electron chi connectivity index (χ2n) is 5.76. The molecule has 1 rings (SSSR count). The monoisotopic (exact) mass is 270 g/mol. The van der Waals surface area contributed by atoms with Crippen LogP contribution in [0.2, 0.25) is 0 Å².